The average Bonchev–Trinajstić information content (AvgIpc) is 2.05. The summed E-state index contributed by atoms with van der Waals surface area (Å²) in [6, 6.07) is 9.65. The lowest BCUT2D eigenvalue weighted by molar-refractivity contribution is -0.117. The van der Waals surface area contributed by atoms with Crippen LogP contribution in [0.1, 0.15) is 18.5 Å². The lowest BCUT2D eigenvalue weighted by Gasteiger charge is -2.11. The van der Waals surface area contributed by atoms with Crippen LogP contribution in [-0.2, 0) is 4.79 Å². The molecule has 0 spiro atoms. The predicted molar refractivity (Wildman–Crippen MR) is 47.3 cm³/mol. The van der Waals surface area contributed by atoms with Gasteiger partial charge >= 0.3 is 0 Å². The third kappa shape index (κ3) is 2.38. The normalized spacial score (nSPS) is 12.2. The maximum absolute atomic E-state index is 10.5. The summed E-state index contributed by atoms with van der Waals surface area (Å²) in [6.07, 6.45) is 0. The largest absolute Gasteiger partial charge is 0.349 e. The second-order valence-corrected chi connectivity index (χ2v) is 2.64. The van der Waals surface area contributed by atoms with Crippen LogP contribution in [0.3, 0.4) is 0 Å². The summed E-state index contributed by atoms with van der Waals surface area (Å²) in [6.45, 7) is 6.87. The van der Waals surface area contributed by atoms with Crippen molar-refractivity contribution in [2.75, 3.05) is 0 Å². The fourth-order valence-electron chi connectivity index (χ4n) is 1.04. The van der Waals surface area contributed by atoms with Crippen LogP contribution in [0.4, 0.5) is 0 Å². The molecule has 1 N–H and O–H groups in total. The molecule has 62 valence electrons. The minimum atomic E-state index is -0.494. The number of amides is 1. The van der Waals surface area contributed by atoms with Crippen LogP contribution < -0.4 is 5.32 Å². The smallest absolute Gasteiger partial charge is 0.225 e. The zero-order chi connectivity index (χ0) is 8.97. The second-order valence-electron chi connectivity index (χ2n) is 2.64. The molecule has 2 nitrogen and oxygen atoms in total. The molecule has 1 aromatic carbocycles. The van der Waals surface area contributed by atoms with Crippen LogP contribution in [0.5, 0.6) is 0 Å². The van der Waals surface area contributed by atoms with Gasteiger partial charge in [0, 0.05) is 0 Å². The van der Waals surface area contributed by atoms with Gasteiger partial charge in [0.05, 0.1) is 13.0 Å². The van der Waals surface area contributed by atoms with Gasteiger partial charge in [-0.3, -0.25) is 4.79 Å². The maximum atomic E-state index is 10.5. The van der Waals surface area contributed by atoms with E-state index in [1.54, 1.807) is 0 Å². The van der Waals surface area contributed by atoms with Gasteiger partial charge in [-0.25, -0.2) is 0 Å². The van der Waals surface area contributed by atoms with Gasteiger partial charge in [-0.2, -0.15) is 0 Å². The highest BCUT2D eigenvalue weighted by Gasteiger charge is 2.04. The Morgan fingerprint density at radius 1 is 1.42 bits per heavy atom. The second kappa shape index (κ2) is 3.90. The van der Waals surface area contributed by atoms with Crippen molar-refractivity contribution >= 4 is 5.91 Å². The minimum absolute atomic E-state index is 0.0244. The van der Waals surface area contributed by atoms with Gasteiger partial charge in [0.2, 0.25) is 5.91 Å². The summed E-state index contributed by atoms with van der Waals surface area (Å²) in [4.78, 5) is 10.5. The van der Waals surface area contributed by atoms with Gasteiger partial charge in [-0.15, -0.1) is 0 Å². The summed E-state index contributed by atoms with van der Waals surface area (Å²) in [7, 11) is 0. The minimum Gasteiger partial charge on any atom is -0.349 e. The molecule has 2 heteroatoms. The van der Waals surface area contributed by atoms with Crippen molar-refractivity contribution < 1.29 is 4.79 Å². The summed E-state index contributed by atoms with van der Waals surface area (Å²) in [5.41, 5.74) is 1.05. The van der Waals surface area contributed by atoms with E-state index in [0.29, 0.717) is 0 Å². The van der Waals surface area contributed by atoms with E-state index >= 15 is 0 Å². The number of nitrogens with one attached hydrogen (secondary N) is 1. The molecule has 0 saturated carbocycles. The molecule has 0 aromatic heterocycles. The average molecular weight is 161 g/mol. The van der Waals surface area contributed by atoms with E-state index in [-0.39, 0.29) is 6.04 Å². The molecule has 1 amide bonds. The highest BCUT2D eigenvalue weighted by atomic mass is 16.1. The molecular weight excluding hydrogens is 150 g/mol. The Morgan fingerprint density at radius 2 is 2.00 bits per heavy atom. The highest BCUT2D eigenvalue weighted by Crippen LogP contribution is 2.10. The lowest BCUT2D eigenvalue weighted by atomic mass is 10.1. The molecule has 1 rings (SSSR count). The topological polar surface area (TPSA) is 29.1 Å². The first-order chi connectivity index (χ1) is 5.70. The molecule has 12 heavy (non-hydrogen) atoms. The van der Waals surface area contributed by atoms with E-state index < -0.39 is 5.91 Å². The maximum Gasteiger partial charge on any atom is 0.225 e. The van der Waals surface area contributed by atoms with Gasteiger partial charge in [-0.05, 0) is 12.5 Å². The molecule has 1 atom stereocenters. The van der Waals surface area contributed by atoms with Crippen LogP contribution >= 0.6 is 0 Å². The number of rotatable bonds is 2. The summed E-state index contributed by atoms with van der Waals surface area (Å²) in [5, 5.41) is 2.60. The van der Waals surface area contributed by atoms with E-state index in [0.717, 1.165) is 5.56 Å². The number of carbonyl (C=O) groups excluding carboxylic acids is 1. The number of carbonyl (C=O) groups is 1. The summed E-state index contributed by atoms with van der Waals surface area (Å²) >= 11 is 0. The molecule has 0 aliphatic heterocycles. The van der Waals surface area contributed by atoms with Crippen molar-refractivity contribution in [1.29, 1.82) is 0 Å². The Bertz CT molecular complexity index is 256. The number of hydrogen-bond donors (Lipinski definition) is 1. The van der Waals surface area contributed by atoms with Crippen molar-refractivity contribution in [1.82, 2.24) is 5.32 Å². The van der Waals surface area contributed by atoms with E-state index in [1.807, 2.05) is 37.3 Å². The molecule has 0 aliphatic carbocycles. The quantitative estimate of drug-likeness (QED) is 0.701. The van der Waals surface area contributed by atoms with Gasteiger partial charge in [0.15, 0.2) is 0 Å². The van der Waals surface area contributed by atoms with E-state index in [1.165, 1.54) is 0 Å². The molecule has 0 aliphatic rings. The molecule has 0 saturated heterocycles. The Morgan fingerprint density at radius 3 is 2.50 bits per heavy atom. The molecule has 1 aromatic rings. The monoisotopic (exact) mass is 161 g/mol. The zero-order valence-corrected chi connectivity index (χ0v) is 6.95. The lowest BCUT2D eigenvalue weighted by Crippen LogP contribution is -2.23. The Labute approximate surface area is 72.6 Å². The third-order valence-corrected chi connectivity index (χ3v) is 1.66. The Kier molecular flexibility index (Phi) is 2.86. The number of hydrogen-bond acceptors (Lipinski definition) is 1. The molecule has 0 bridgehead atoms. The van der Waals surface area contributed by atoms with Crippen molar-refractivity contribution in [2.24, 2.45) is 0 Å². The van der Waals surface area contributed by atoms with Gasteiger partial charge in [0.25, 0.3) is 0 Å². The highest BCUT2D eigenvalue weighted by molar-refractivity contribution is 5.80. The van der Waals surface area contributed by atoms with Gasteiger partial charge < -0.3 is 5.32 Å². The molecule has 0 fully saturated rings. The molecule has 1 unspecified atom stereocenters. The van der Waals surface area contributed by atoms with Gasteiger partial charge in [0.1, 0.15) is 0 Å². The summed E-state index contributed by atoms with van der Waals surface area (Å²) < 4.78 is 0. The first-order valence-corrected chi connectivity index (χ1v) is 3.81. The zero-order valence-electron chi connectivity index (χ0n) is 6.95. The van der Waals surface area contributed by atoms with Crippen molar-refractivity contribution in [2.45, 2.75) is 13.0 Å². The van der Waals surface area contributed by atoms with Crippen LogP contribution in [-0.4, -0.2) is 5.91 Å². The van der Waals surface area contributed by atoms with Crippen LogP contribution in [0.2, 0.25) is 0 Å². The molecular formula is C10H11NO. The van der Waals surface area contributed by atoms with Gasteiger partial charge in [-0.1, -0.05) is 30.3 Å². The van der Waals surface area contributed by atoms with E-state index in [2.05, 4.69) is 5.32 Å². The fourth-order valence-corrected chi connectivity index (χ4v) is 1.04. The van der Waals surface area contributed by atoms with Crippen LogP contribution in [0, 0.1) is 6.92 Å². The van der Waals surface area contributed by atoms with Crippen LogP contribution in [0.25, 0.3) is 0 Å². The Balaban J connectivity index is 2.65. The van der Waals surface area contributed by atoms with Crippen molar-refractivity contribution in [3.8, 4) is 0 Å². The predicted octanol–water partition coefficient (Wildman–Crippen LogP) is 1.57. The van der Waals surface area contributed by atoms with E-state index in [9.17, 15) is 4.79 Å². The SMILES string of the molecule is [CH]C(=O)NC(C)c1ccccc1. The number of benzene rings is 1. The molecule has 2 radical (unpaired) electrons. The Hall–Kier alpha value is -1.31. The first kappa shape index (κ1) is 8.78. The standard InChI is InChI=1S/C10H11NO/c1-8(11-9(2)12)10-6-4-3-5-7-10/h2-8H,1H3,(H,11,12). The molecule has 0 heterocycles. The fraction of sp³-hybridized carbons (Fsp3) is 0.200. The van der Waals surface area contributed by atoms with Crippen molar-refractivity contribution in [3.05, 3.63) is 42.8 Å². The van der Waals surface area contributed by atoms with E-state index in [4.69, 9.17) is 6.92 Å². The third-order valence-electron chi connectivity index (χ3n) is 1.66. The first-order valence-electron chi connectivity index (χ1n) is 3.81. The van der Waals surface area contributed by atoms with Crippen LogP contribution in [0.15, 0.2) is 30.3 Å². The summed E-state index contributed by atoms with van der Waals surface area (Å²) in [5.74, 6) is -0.494. The van der Waals surface area contributed by atoms with Crippen molar-refractivity contribution in [3.63, 3.8) is 0 Å².